The number of amides is 1. The Labute approximate surface area is 261 Å². The van der Waals surface area contributed by atoms with Gasteiger partial charge in [-0.3, -0.25) is 5.32 Å². The number of hydrogen-bond acceptors (Lipinski definition) is 4. The molecule has 0 spiro atoms. The van der Waals surface area contributed by atoms with Gasteiger partial charge in [0.25, 0.3) is 0 Å². The summed E-state index contributed by atoms with van der Waals surface area (Å²) in [6.07, 6.45) is 17.9. The molecule has 6 nitrogen and oxygen atoms in total. The van der Waals surface area contributed by atoms with E-state index in [2.05, 4.69) is 73.3 Å². The molecule has 6 heteroatoms. The van der Waals surface area contributed by atoms with E-state index in [0.29, 0.717) is 13.2 Å². The van der Waals surface area contributed by atoms with Crippen molar-refractivity contribution in [3.8, 4) is 0 Å². The summed E-state index contributed by atoms with van der Waals surface area (Å²) in [5.41, 5.74) is 4.07. The molecule has 0 unspecified atom stereocenters. The number of anilines is 1. The smallest absolute Gasteiger partial charge is 0.450 e. The van der Waals surface area contributed by atoms with E-state index in [-0.39, 0.29) is 11.5 Å². The van der Waals surface area contributed by atoms with Gasteiger partial charge in [0, 0.05) is 11.1 Å². The van der Waals surface area contributed by atoms with Crippen molar-refractivity contribution in [1.82, 2.24) is 0 Å². The second-order valence-electron chi connectivity index (χ2n) is 12.3. The van der Waals surface area contributed by atoms with Crippen LogP contribution in [-0.2, 0) is 21.3 Å². The van der Waals surface area contributed by atoms with Crippen LogP contribution in [0.15, 0.2) is 48.5 Å². The molecule has 1 amide bonds. The van der Waals surface area contributed by atoms with Crippen LogP contribution >= 0.6 is 0 Å². The Kier molecular flexibility index (Phi) is 18.2. The van der Waals surface area contributed by atoms with Crippen molar-refractivity contribution in [3.63, 3.8) is 0 Å². The van der Waals surface area contributed by atoms with E-state index in [9.17, 15) is 9.59 Å². The van der Waals surface area contributed by atoms with Crippen molar-refractivity contribution in [2.45, 2.75) is 135 Å². The fourth-order valence-electron chi connectivity index (χ4n) is 5.60. The fourth-order valence-corrected chi connectivity index (χ4v) is 5.60. The molecule has 0 atom stereocenters. The molecule has 0 aliphatic rings. The Bertz CT molecular complexity index is 1040. The summed E-state index contributed by atoms with van der Waals surface area (Å²) in [4.78, 5) is 23.2. The van der Waals surface area contributed by atoms with E-state index in [0.717, 1.165) is 56.2 Å². The number of carbonyl (C=O) groups is 2. The summed E-state index contributed by atoms with van der Waals surface area (Å²) in [5.74, 6) is 0. The van der Waals surface area contributed by atoms with Crippen LogP contribution in [0.4, 0.5) is 15.3 Å². The molecule has 2 rings (SSSR count). The monoisotopic (exact) mass is 595 g/mol. The average molecular weight is 596 g/mol. The molecule has 0 aliphatic heterocycles. The second-order valence-corrected chi connectivity index (χ2v) is 12.3. The third-order valence-electron chi connectivity index (χ3n) is 8.31. The summed E-state index contributed by atoms with van der Waals surface area (Å²) in [5, 5.41) is 11.6. The van der Waals surface area contributed by atoms with Crippen LogP contribution in [0.3, 0.4) is 0 Å². The third-order valence-corrected chi connectivity index (χ3v) is 8.31. The van der Waals surface area contributed by atoms with Gasteiger partial charge in [-0.2, -0.15) is 0 Å². The standard InChI is InChI=1S/C37H57NO5/c1-4-5-6-7-8-12-15-21-28-42-35(39)38-34-30-31(23-18-14-11-9-10-13-16-22-29-43-36(40)41)26-27-33(34)37(2,3)32-24-19-17-20-25-32/h17,19-20,24-27,30H,4-16,18,21-23,28-29H2,1-3H3,(H,38,39)(H,40,41). The van der Waals surface area contributed by atoms with Crippen LogP contribution in [0.2, 0.25) is 0 Å². The van der Waals surface area contributed by atoms with E-state index in [1.54, 1.807) is 0 Å². The summed E-state index contributed by atoms with van der Waals surface area (Å²) in [7, 11) is 0. The third kappa shape index (κ3) is 15.3. The SMILES string of the molecule is CCCCCCCCCCOC(=O)Nc1cc(CCCCCCCCCCOC(=O)O)ccc1C(C)(C)c1ccccc1. The van der Waals surface area contributed by atoms with Crippen LogP contribution in [0.5, 0.6) is 0 Å². The van der Waals surface area contributed by atoms with Gasteiger partial charge in [0.2, 0.25) is 0 Å². The fraction of sp³-hybridized carbons (Fsp3) is 0.622. The van der Waals surface area contributed by atoms with E-state index < -0.39 is 6.16 Å². The number of hydrogen-bond donors (Lipinski definition) is 2. The van der Waals surface area contributed by atoms with Gasteiger partial charge in [-0.1, -0.05) is 147 Å². The van der Waals surface area contributed by atoms with E-state index in [4.69, 9.17) is 9.84 Å². The zero-order valence-corrected chi connectivity index (χ0v) is 27.1. The highest BCUT2D eigenvalue weighted by atomic mass is 16.7. The maximum atomic E-state index is 12.9. The Morgan fingerprint density at radius 2 is 1.23 bits per heavy atom. The summed E-state index contributed by atoms with van der Waals surface area (Å²) in [6.45, 7) is 7.39. The quantitative estimate of drug-likeness (QED) is 0.0986. The van der Waals surface area contributed by atoms with Crippen molar-refractivity contribution in [3.05, 3.63) is 65.2 Å². The highest BCUT2D eigenvalue weighted by Gasteiger charge is 2.27. The Morgan fingerprint density at radius 1 is 0.698 bits per heavy atom. The van der Waals surface area contributed by atoms with Gasteiger partial charge < -0.3 is 14.6 Å². The molecule has 43 heavy (non-hydrogen) atoms. The first-order valence-electron chi connectivity index (χ1n) is 16.8. The van der Waals surface area contributed by atoms with Crippen LogP contribution < -0.4 is 5.32 Å². The molecule has 2 aromatic rings. The molecule has 2 N–H and O–H groups in total. The van der Waals surface area contributed by atoms with Gasteiger partial charge in [-0.25, -0.2) is 9.59 Å². The van der Waals surface area contributed by atoms with Crippen LogP contribution in [-0.4, -0.2) is 30.6 Å². The number of unbranched alkanes of at least 4 members (excludes halogenated alkanes) is 14. The van der Waals surface area contributed by atoms with E-state index in [1.165, 1.54) is 75.3 Å². The minimum atomic E-state index is -1.19. The van der Waals surface area contributed by atoms with E-state index in [1.807, 2.05) is 6.07 Å². The molecule has 0 aromatic heterocycles. The molecule has 0 fully saturated rings. The number of aryl methyl sites for hydroxylation is 1. The molecule has 0 radical (unpaired) electrons. The lowest BCUT2D eigenvalue weighted by molar-refractivity contribution is 0.0899. The first-order chi connectivity index (χ1) is 20.8. The van der Waals surface area contributed by atoms with Crippen molar-refractivity contribution in [2.24, 2.45) is 0 Å². The molecular weight excluding hydrogens is 538 g/mol. The lowest BCUT2D eigenvalue weighted by atomic mass is 9.77. The van der Waals surface area contributed by atoms with Crippen LogP contribution in [0.1, 0.15) is 140 Å². The molecular formula is C37H57NO5. The Balaban J connectivity index is 1.85. The van der Waals surface area contributed by atoms with E-state index >= 15 is 0 Å². The van der Waals surface area contributed by atoms with Gasteiger partial charge in [0.1, 0.15) is 0 Å². The lowest BCUT2D eigenvalue weighted by Crippen LogP contribution is -2.23. The van der Waals surface area contributed by atoms with Crippen molar-refractivity contribution < 1.29 is 24.2 Å². The molecule has 2 aromatic carbocycles. The Morgan fingerprint density at radius 3 is 1.81 bits per heavy atom. The number of nitrogens with one attached hydrogen (secondary N) is 1. The van der Waals surface area contributed by atoms with Crippen molar-refractivity contribution >= 4 is 17.9 Å². The topological polar surface area (TPSA) is 84.9 Å². The zero-order chi connectivity index (χ0) is 31.2. The maximum absolute atomic E-state index is 12.9. The molecule has 0 heterocycles. The zero-order valence-electron chi connectivity index (χ0n) is 27.1. The summed E-state index contributed by atoms with van der Waals surface area (Å²) >= 11 is 0. The van der Waals surface area contributed by atoms with Crippen LogP contribution in [0, 0.1) is 0 Å². The number of benzene rings is 2. The van der Waals surface area contributed by atoms with Gasteiger partial charge in [-0.05, 0) is 48.4 Å². The number of ether oxygens (including phenoxy) is 2. The predicted molar refractivity (Wildman–Crippen MR) is 177 cm³/mol. The Hall–Kier alpha value is -3.02. The largest absolute Gasteiger partial charge is 0.505 e. The predicted octanol–water partition coefficient (Wildman–Crippen LogP) is 11.1. The maximum Gasteiger partial charge on any atom is 0.505 e. The minimum absolute atomic E-state index is 0.278. The lowest BCUT2D eigenvalue weighted by Gasteiger charge is -2.29. The second kappa shape index (κ2) is 21.6. The van der Waals surface area contributed by atoms with Crippen molar-refractivity contribution in [2.75, 3.05) is 18.5 Å². The number of carboxylic acid groups (broad SMARTS) is 1. The first kappa shape index (κ1) is 36.2. The summed E-state index contributed by atoms with van der Waals surface area (Å²) < 4.78 is 10.1. The van der Waals surface area contributed by atoms with Crippen molar-refractivity contribution in [1.29, 1.82) is 0 Å². The van der Waals surface area contributed by atoms with Gasteiger partial charge >= 0.3 is 12.2 Å². The molecule has 240 valence electrons. The minimum Gasteiger partial charge on any atom is -0.450 e. The summed E-state index contributed by atoms with van der Waals surface area (Å²) in [6, 6.07) is 16.9. The average Bonchev–Trinajstić information content (AvgIpc) is 2.99. The molecule has 0 bridgehead atoms. The highest BCUT2D eigenvalue weighted by molar-refractivity contribution is 5.86. The number of carbonyl (C=O) groups excluding carboxylic acids is 1. The van der Waals surface area contributed by atoms with Crippen LogP contribution in [0.25, 0.3) is 0 Å². The van der Waals surface area contributed by atoms with Gasteiger partial charge in [0.05, 0.1) is 13.2 Å². The molecule has 0 saturated heterocycles. The van der Waals surface area contributed by atoms with Gasteiger partial charge in [-0.15, -0.1) is 0 Å². The number of rotatable bonds is 23. The van der Waals surface area contributed by atoms with Gasteiger partial charge in [0.15, 0.2) is 0 Å². The molecule has 0 saturated carbocycles. The normalized spacial score (nSPS) is 11.3. The molecule has 0 aliphatic carbocycles. The first-order valence-corrected chi connectivity index (χ1v) is 16.8. The highest BCUT2D eigenvalue weighted by Crippen LogP contribution is 2.37.